The molecule has 2 fully saturated rings. The van der Waals surface area contributed by atoms with Gasteiger partial charge in [-0.3, -0.25) is 10.1 Å². The van der Waals surface area contributed by atoms with Gasteiger partial charge in [0, 0.05) is 49.7 Å². The first-order valence-electron chi connectivity index (χ1n) is 9.83. The molecule has 1 saturated heterocycles. The number of rotatable bonds is 8. The van der Waals surface area contributed by atoms with E-state index < -0.39 is 5.97 Å². The molecule has 1 saturated carbocycles. The number of pyridine rings is 1. The van der Waals surface area contributed by atoms with Crippen LogP contribution >= 0.6 is 0 Å². The van der Waals surface area contributed by atoms with Crippen LogP contribution in [-0.4, -0.2) is 48.3 Å². The number of anilines is 1. The lowest BCUT2D eigenvalue weighted by Gasteiger charge is -2.35. The monoisotopic (exact) mass is 389 g/mol. The molecule has 1 aromatic heterocycles. The molecular weight excluding hydrogens is 362 g/mol. The number of ether oxygens (including phenoxy) is 2. The van der Waals surface area contributed by atoms with Crippen molar-refractivity contribution in [2.45, 2.75) is 45.6 Å². The van der Waals surface area contributed by atoms with Gasteiger partial charge in [0.1, 0.15) is 0 Å². The fourth-order valence-corrected chi connectivity index (χ4v) is 3.45. The number of nitrogens with zero attached hydrogens (tertiary/aromatic N) is 3. The zero-order valence-corrected chi connectivity index (χ0v) is 16.4. The SMILES string of the molecule is CCOC(=O)/C=C(\C)c1cnc(N(CC2CC2)C2CCOCC2)c([N+](=O)[O-])c1. The number of carbonyl (C=O) groups excluding carboxylic acids is 1. The third-order valence-corrected chi connectivity index (χ3v) is 5.18. The molecule has 0 unspecified atom stereocenters. The third kappa shape index (κ3) is 5.07. The second kappa shape index (κ2) is 9.14. The average Bonchev–Trinajstić information content (AvgIpc) is 3.50. The van der Waals surface area contributed by atoms with Crippen LogP contribution in [0, 0.1) is 16.0 Å². The second-order valence-electron chi connectivity index (χ2n) is 7.34. The molecule has 2 heterocycles. The van der Waals surface area contributed by atoms with Crippen molar-refractivity contribution < 1.29 is 19.2 Å². The summed E-state index contributed by atoms with van der Waals surface area (Å²) in [6.07, 6.45) is 6.95. The Morgan fingerprint density at radius 1 is 1.39 bits per heavy atom. The van der Waals surface area contributed by atoms with Crippen LogP contribution in [0.15, 0.2) is 18.3 Å². The third-order valence-electron chi connectivity index (χ3n) is 5.18. The fraction of sp³-hybridized carbons (Fsp3) is 0.600. The Bertz CT molecular complexity index is 754. The number of allylic oxidation sites excluding steroid dienone is 1. The molecule has 28 heavy (non-hydrogen) atoms. The highest BCUT2D eigenvalue weighted by molar-refractivity contribution is 5.91. The minimum absolute atomic E-state index is 0.0266. The molecule has 0 aromatic carbocycles. The Labute approximate surface area is 164 Å². The van der Waals surface area contributed by atoms with E-state index in [0.717, 1.165) is 32.2 Å². The quantitative estimate of drug-likeness (QED) is 0.291. The van der Waals surface area contributed by atoms with E-state index in [1.807, 2.05) is 0 Å². The zero-order valence-electron chi connectivity index (χ0n) is 16.4. The van der Waals surface area contributed by atoms with Crippen LogP contribution in [0.2, 0.25) is 0 Å². The predicted molar refractivity (Wildman–Crippen MR) is 105 cm³/mol. The summed E-state index contributed by atoms with van der Waals surface area (Å²) in [7, 11) is 0. The molecule has 0 radical (unpaired) electrons. The lowest BCUT2D eigenvalue weighted by Crippen LogP contribution is -2.41. The molecule has 8 nitrogen and oxygen atoms in total. The van der Waals surface area contributed by atoms with E-state index in [2.05, 4.69) is 9.88 Å². The number of aromatic nitrogens is 1. The van der Waals surface area contributed by atoms with Crippen LogP contribution in [-0.2, 0) is 14.3 Å². The summed E-state index contributed by atoms with van der Waals surface area (Å²) >= 11 is 0. The summed E-state index contributed by atoms with van der Waals surface area (Å²) in [6.45, 7) is 5.85. The van der Waals surface area contributed by atoms with Crippen molar-refractivity contribution in [3.63, 3.8) is 0 Å². The summed E-state index contributed by atoms with van der Waals surface area (Å²) in [5.74, 6) is 0.523. The summed E-state index contributed by atoms with van der Waals surface area (Å²) < 4.78 is 10.4. The van der Waals surface area contributed by atoms with Gasteiger partial charge in [0.05, 0.1) is 11.5 Å². The lowest BCUT2D eigenvalue weighted by molar-refractivity contribution is -0.384. The minimum Gasteiger partial charge on any atom is -0.463 e. The van der Waals surface area contributed by atoms with E-state index in [9.17, 15) is 14.9 Å². The molecule has 1 aliphatic heterocycles. The Morgan fingerprint density at radius 3 is 2.71 bits per heavy atom. The molecular formula is C20H27N3O5. The number of carbonyl (C=O) groups is 1. The van der Waals surface area contributed by atoms with E-state index in [-0.39, 0.29) is 23.3 Å². The van der Waals surface area contributed by atoms with Crippen molar-refractivity contribution in [3.8, 4) is 0 Å². The molecule has 0 atom stereocenters. The molecule has 2 aliphatic rings. The van der Waals surface area contributed by atoms with Gasteiger partial charge in [0.25, 0.3) is 0 Å². The van der Waals surface area contributed by atoms with Gasteiger partial charge in [0.15, 0.2) is 0 Å². The minimum atomic E-state index is -0.468. The van der Waals surface area contributed by atoms with E-state index in [1.54, 1.807) is 20.0 Å². The van der Waals surface area contributed by atoms with E-state index >= 15 is 0 Å². The first-order valence-corrected chi connectivity index (χ1v) is 9.83. The Balaban J connectivity index is 1.92. The van der Waals surface area contributed by atoms with Gasteiger partial charge in [-0.1, -0.05) is 0 Å². The Kier molecular flexibility index (Phi) is 6.61. The van der Waals surface area contributed by atoms with E-state index in [0.29, 0.717) is 36.1 Å². The van der Waals surface area contributed by atoms with Crippen molar-refractivity contribution in [1.82, 2.24) is 4.98 Å². The topological polar surface area (TPSA) is 94.8 Å². The summed E-state index contributed by atoms with van der Waals surface area (Å²) in [5, 5.41) is 11.8. The molecule has 0 spiro atoms. The van der Waals surface area contributed by atoms with Gasteiger partial charge in [-0.05, 0) is 51.0 Å². The van der Waals surface area contributed by atoms with Crippen LogP contribution in [0.5, 0.6) is 0 Å². The van der Waals surface area contributed by atoms with Crippen molar-refractivity contribution in [1.29, 1.82) is 0 Å². The standard InChI is InChI=1S/C20H27N3O5/c1-3-28-19(24)10-14(2)16-11-18(23(25)26)20(21-12-16)22(13-15-4-5-15)17-6-8-27-9-7-17/h10-12,15,17H,3-9,13H2,1-2H3/b14-10+. The largest absolute Gasteiger partial charge is 0.463 e. The van der Waals surface area contributed by atoms with E-state index in [1.165, 1.54) is 12.1 Å². The van der Waals surface area contributed by atoms with Crippen LogP contribution in [0.25, 0.3) is 5.57 Å². The highest BCUT2D eigenvalue weighted by Crippen LogP contribution is 2.37. The number of hydrogen-bond donors (Lipinski definition) is 0. The molecule has 3 rings (SSSR count). The summed E-state index contributed by atoms with van der Waals surface area (Å²) in [4.78, 5) is 29.7. The first kappa shape index (κ1) is 20.3. The van der Waals surface area contributed by atoms with E-state index in [4.69, 9.17) is 9.47 Å². The van der Waals surface area contributed by atoms with Crippen molar-refractivity contribution in [3.05, 3.63) is 34.0 Å². The molecule has 0 bridgehead atoms. The highest BCUT2D eigenvalue weighted by atomic mass is 16.6. The molecule has 152 valence electrons. The van der Waals surface area contributed by atoms with Crippen LogP contribution in [0.4, 0.5) is 11.5 Å². The summed E-state index contributed by atoms with van der Waals surface area (Å²) in [5.41, 5.74) is 1.10. The van der Waals surface area contributed by atoms with Crippen molar-refractivity contribution >= 4 is 23.0 Å². The highest BCUT2D eigenvalue weighted by Gasteiger charge is 2.33. The molecule has 0 amide bonds. The van der Waals surface area contributed by atoms with Crippen molar-refractivity contribution in [2.24, 2.45) is 5.92 Å². The average molecular weight is 389 g/mol. The molecule has 0 N–H and O–H groups in total. The zero-order chi connectivity index (χ0) is 20.1. The van der Waals surface area contributed by atoms with Crippen LogP contribution in [0.1, 0.15) is 45.1 Å². The molecule has 1 aliphatic carbocycles. The molecule has 8 heteroatoms. The smallest absolute Gasteiger partial charge is 0.331 e. The fourth-order valence-electron chi connectivity index (χ4n) is 3.45. The Morgan fingerprint density at radius 2 is 2.11 bits per heavy atom. The van der Waals surface area contributed by atoms with Gasteiger partial charge < -0.3 is 14.4 Å². The van der Waals surface area contributed by atoms with Gasteiger partial charge in [-0.25, -0.2) is 9.78 Å². The normalized spacial score (nSPS) is 18.0. The van der Waals surface area contributed by atoms with Crippen LogP contribution < -0.4 is 4.90 Å². The van der Waals surface area contributed by atoms with Gasteiger partial charge in [-0.2, -0.15) is 0 Å². The van der Waals surface area contributed by atoms with Crippen molar-refractivity contribution in [2.75, 3.05) is 31.3 Å². The maximum absolute atomic E-state index is 11.8. The predicted octanol–water partition coefficient (Wildman–Crippen LogP) is 3.35. The van der Waals surface area contributed by atoms with Gasteiger partial charge >= 0.3 is 11.7 Å². The van der Waals surface area contributed by atoms with Gasteiger partial charge in [-0.15, -0.1) is 0 Å². The number of nitro groups is 1. The maximum Gasteiger partial charge on any atom is 0.331 e. The number of hydrogen-bond acceptors (Lipinski definition) is 7. The Hall–Kier alpha value is -2.48. The van der Waals surface area contributed by atoms with Crippen LogP contribution in [0.3, 0.4) is 0 Å². The molecule has 1 aromatic rings. The van der Waals surface area contributed by atoms with Gasteiger partial charge in [0.2, 0.25) is 5.82 Å². The first-order chi connectivity index (χ1) is 13.5. The number of esters is 1. The lowest BCUT2D eigenvalue weighted by atomic mass is 10.0. The second-order valence-corrected chi connectivity index (χ2v) is 7.34. The maximum atomic E-state index is 11.8. The summed E-state index contributed by atoms with van der Waals surface area (Å²) in [6, 6.07) is 1.70.